The number of benzene rings is 1. The fourth-order valence-corrected chi connectivity index (χ4v) is 3.05. The Balaban J connectivity index is 0.00000133. The number of para-hydroxylation sites is 1. The highest BCUT2D eigenvalue weighted by Crippen LogP contribution is 2.38. The van der Waals surface area contributed by atoms with Crippen molar-refractivity contribution >= 4 is 12.4 Å². The summed E-state index contributed by atoms with van der Waals surface area (Å²) in [6.45, 7) is 7.39. The zero-order chi connectivity index (χ0) is 12.8. The molecule has 2 aliphatic rings. The number of hydrogen-bond donors (Lipinski definition) is 1. The van der Waals surface area contributed by atoms with Crippen LogP contribution in [0, 0.1) is 0 Å². The molecule has 1 saturated heterocycles. The Morgan fingerprint density at radius 3 is 2.89 bits per heavy atom. The minimum absolute atomic E-state index is 0. The molecule has 2 heterocycles. The number of nitrogens with zero attached hydrogens (tertiary/aromatic N) is 1. The van der Waals surface area contributed by atoms with Crippen LogP contribution in [0.4, 0.5) is 0 Å². The number of ether oxygens (including phenoxy) is 1. The molecule has 0 aromatic heterocycles. The highest BCUT2D eigenvalue weighted by molar-refractivity contribution is 5.85. The van der Waals surface area contributed by atoms with Gasteiger partial charge >= 0.3 is 0 Å². The molecule has 0 amide bonds. The summed E-state index contributed by atoms with van der Waals surface area (Å²) in [5, 5.41) is 0. The van der Waals surface area contributed by atoms with Crippen LogP contribution in [0.15, 0.2) is 18.2 Å². The van der Waals surface area contributed by atoms with E-state index >= 15 is 0 Å². The second kappa shape index (κ2) is 5.31. The van der Waals surface area contributed by atoms with Gasteiger partial charge < -0.3 is 10.5 Å². The molecule has 4 heteroatoms. The van der Waals surface area contributed by atoms with Gasteiger partial charge in [0.15, 0.2) is 0 Å². The summed E-state index contributed by atoms with van der Waals surface area (Å²) in [6, 6.07) is 6.86. The zero-order valence-corrected chi connectivity index (χ0v) is 12.5. The van der Waals surface area contributed by atoms with Gasteiger partial charge in [-0.05, 0) is 25.8 Å². The van der Waals surface area contributed by atoms with E-state index in [9.17, 15) is 0 Å². The topological polar surface area (TPSA) is 38.5 Å². The summed E-state index contributed by atoms with van der Waals surface area (Å²) in [5.41, 5.74) is 8.57. The van der Waals surface area contributed by atoms with Gasteiger partial charge in [0.2, 0.25) is 0 Å². The smallest absolute Gasteiger partial charge is 0.127 e. The summed E-state index contributed by atoms with van der Waals surface area (Å²) >= 11 is 0. The maximum atomic E-state index is 6.10. The number of nitrogens with two attached hydrogens (primary N) is 1. The van der Waals surface area contributed by atoms with Crippen LogP contribution in [0.5, 0.6) is 5.75 Å². The molecule has 3 nitrogen and oxygen atoms in total. The van der Waals surface area contributed by atoms with Crippen molar-refractivity contribution in [1.29, 1.82) is 0 Å². The van der Waals surface area contributed by atoms with Gasteiger partial charge in [0.05, 0.1) is 0 Å². The predicted octanol–water partition coefficient (Wildman–Crippen LogP) is 2.35. The lowest BCUT2D eigenvalue weighted by molar-refractivity contribution is 0.136. The molecular weight excluding hydrogens is 260 g/mol. The van der Waals surface area contributed by atoms with Gasteiger partial charge in [-0.25, -0.2) is 0 Å². The summed E-state index contributed by atoms with van der Waals surface area (Å²) in [7, 11) is 0. The molecule has 1 fully saturated rings. The fraction of sp³-hybridized carbons (Fsp3) is 0.600. The molecule has 106 valence electrons. The Hall–Kier alpha value is -0.770. The average Bonchev–Trinajstić information content (AvgIpc) is 2.81. The van der Waals surface area contributed by atoms with Gasteiger partial charge in [-0.1, -0.05) is 18.2 Å². The molecule has 0 saturated carbocycles. The maximum Gasteiger partial charge on any atom is 0.127 e. The predicted molar refractivity (Wildman–Crippen MR) is 80.0 cm³/mol. The molecule has 2 aliphatic heterocycles. The van der Waals surface area contributed by atoms with Crippen LogP contribution in [0.2, 0.25) is 0 Å². The van der Waals surface area contributed by atoms with Crippen molar-refractivity contribution in [2.75, 3.05) is 13.1 Å². The SMILES string of the molecule is CC1(C)Cc2cccc(CN3CCC(N)C3)c2O1.Cl. The molecular formula is C15H23ClN2O. The van der Waals surface area contributed by atoms with Crippen LogP contribution in [0.25, 0.3) is 0 Å². The molecule has 1 aromatic carbocycles. The van der Waals surface area contributed by atoms with E-state index in [4.69, 9.17) is 10.5 Å². The molecule has 3 rings (SSSR count). The minimum Gasteiger partial charge on any atom is -0.487 e. The third-order valence-corrected chi connectivity index (χ3v) is 3.88. The highest BCUT2D eigenvalue weighted by atomic mass is 35.5. The van der Waals surface area contributed by atoms with Crippen molar-refractivity contribution in [1.82, 2.24) is 4.90 Å². The van der Waals surface area contributed by atoms with E-state index < -0.39 is 0 Å². The second-order valence-electron chi connectivity index (χ2n) is 6.23. The minimum atomic E-state index is -0.0557. The molecule has 2 N–H and O–H groups in total. The number of likely N-dealkylation sites (tertiary alicyclic amines) is 1. The first-order chi connectivity index (χ1) is 8.53. The van der Waals surface area contributed by atoms with Crippen molar-refractivity contribution in [3.63, 3.8) is 0 Å². The summed E-state index contributed by atoms with van der Waals surface area (Å²) in [6.07, 6.45) is 2.12. The van der Waals surface area contributed by atoms with Crippen molar-refractivity contribution in [2.24, 2.45) is 5.73 Å². The summed E-state index contributed by atoms with van der Waals surface area (Å²) in [5.74, 6) is 1.11. The molecule has 1 aromatic rings. The Labute approximate surface area is 121 Å². The van der Waals surface area contributed by atoms with Gasteiger partial charge in [-0.2, -0.15) is 0 Å². The first kappa shape index (κ1) is 14.6. The fourth-order valence-electron chi connectivity index (χ4n) is 3.05. The van der Waals surface area contributed by atoms with Crippen LogP contribution >= 0.6 is 12.4 Å². The third-order valence-electron chi connectivity index (χ3n) is 3.88. The number of fused-ring (bicyclic) bond motifs is 1. The second-order valence-corrected chi connectivity index (χ2v) is 6.23. The Morgan fingerprint density at radius 1 is 1.42 bits per heavy atom. The quantitative estimate of drug-likeness (QED) is 0.905. The lowest BCUT2D eigenvalue weighted by Gasteiger charge is -2.20. The molecule has 0 spiro atoms. The normalized spacial score (nSPS) is 24.7. The van der Waals surface area contributed by atoms with E-state index in [0.29, 0.717) is 6.04 Å². The number of rotatable bonds is 2. The molecule has 0 aliphatic carbocycles. The van der Waals surface area contributed by atoms with E-state index in [1.165, 1.54) is 11.1 Å². The van der Waals surface area contributed by atoms with Crippen LogP contribution in [-0.4, -0.2) is 29.6 Å². The van der Waals surface area contributed by atoms with E-state index in [-0.39, 0.29) is 18.0 Å². The Morgan fingerprint density at radius 2 is 2.21 bits per heavy atom. The zero-order valence-electron chi connectivity index (χ0n) is 11.7. The summed E-state index contributed by atoms with van der Waals surface area (Å²) < 4.78 is 6.10. The molecule has 19 heavy (non-hydrogen) atoms. The van der Waals surface area contributed by atoms with Gasteiger partial charge in [-0.15, -0.1) is 12.4 Å². The Kier molecular flexibility index (Phi) is 4.09. The van der Waals surface area contributed by atoms with Gasteiger partial charge in [0.1, 0.15) is 11.4 Å². The van der Waals surface area contributed by atoms with Gasteiger partial charge in [-0.3, -0.25) is 4.90 Å². The van der Waals surface area contributed by atoms with Crippen molar-refractivity contribution in [3.05, 3.63) is 29.3 Å². The monoisotopic (exact) mass is 282 g/mol. The van der Waals surface area contributed by atoms with Crippen molar-refractivity contribution in [2.45, 2.75) is 44.9 Å². The Bertz CT molecular complexity index is 461. The summed E-state index contributed by atoms with van der Waals surface area (Å²) in [4.78, 5) is 2.43. The molecule has 0 radical (unpaired) electrons. The highest BCUT2D eigenvalue weighted by Gasteiger charge is 2.32. The van der Waals surface area contributed by atoms with Crippen LogP contribution in [0.3, 0.4) is 0 Å². The van der Waals surface area contributed by atoms with Crippen molar-refractivity contribution in [3.8, 4) is 5.75 Å². The lowest BCUT2D eigenvalue weighted by Crippen LogP contribution is -2.27. The van der Waals surface area contributed by atoms with Crippen LogP contribution < -0.4 is 10.5 Å². The first-order valence-corrected chi connectivity index (χ1v) is 6.81. The molecule has 1 unspecified atom stereocenters. The maximum absolute atomic E-state index is 6.10. The van der Waals surface area contributed by atoms with E-state index in [0.717, 1.165) is 38.2 Å². The largest absolute Gasteiger partial charge is 0.487 e. The average molecular weight is 283 g/mol. The van der Waals surface area contributed by atoms with Gasteiger partial charge in [0, 0.05) is 37.7 Å². The first-order valence-electron chi connectivity index (χ1n) is 6.81. The number of halogens is 1. The third kappa shape index (κ3) is 3.04. The van der Waals surface area contributed by atoms with Crippen LogP contribution in [-0.2, 0) is 13.0 Å². The van der Waals surface area contributed by atoms with Crippen LogP contribution in [0.1, 0.15) is 31.4 Å². The van der Waals surface area contributed by atoms with E-state index in [2.05, 4.69) is 36.9 Å². The van der Waals surface area contributed by atoms with E-state index in [1.54, 1.807) is 0 Å². The molecule has 1 atom stereocenters. The van der Waals surface area contributed by atoms with Gasteiger partial charge in [0.25, 0.3) is 0 Å². The lowest BCUT2D eigenvalue weighted by atomic mass is 10.0. The van der Waals surface area contributed by atoms with Crippen molar-refractivity contribution < 1.29 is 4.74 Å². The number of hydrogen-bond acceptors (Lipinski definition) is 3. The van der Waals surface area contributed by atoms with E-state index in [1.807, 2.05) is 0 Å². The standard InChI is InChI=1S/C15H22N2O.ClH/c1-15(2)8-11-4-3-5-12(14(11)18-15)9-17-7-6-13(16)10-17;/h3-5,13H,6-10,16H2,1-2H3;1H. The molecule has 0 bridgehead atoms.